The Morgan fingerprint density at radius 2 is 2.00 bits per heavy atom. The van der Waals surface area contributed by atoms with Crippen LogP contribution in [0.25, 0.3) is 0 Å². The largest absolute Gasteiger partial charge is 0.507 e. The van der Waals surface area contributed by atoms with E-state index in [-0.39, 0.29) is 23.1 Å². The second kappa shape index (κ2) is 5.07. The Kier molecular flexibility index (Phi) is 3.35. The molecule has 5 unspecified atom stereocenters. The number of aromatic hydroxyl groups is 1. The molecule has 3 heteroatoms. The molecule has 3 nitrogen and oxygen atoms in total. The van der Waals surface area contributed by atoms with Gasteiger partial charge in [0, 0.05) is 0 Å². The standard InChI is InChI=1S/C20H26O3/c1-11(21)15-10-16-12(9-18(15)22)3-4-14-13(16)7-8-20(2)17(14)5-6-19(20)23/h9-10,13-14,17,19,22-23H,3-8H2,1-2H3. The molecule has 0 amide bonds. The fourth-order valence-corrected chi connectivity index (χ4v) is 5.86. The average molecular weight is 314 g/mol. The zero-order valence-corrected chi connectivity index (χ0v) is 14.0. The minimum Gasteiger partial charge on any atom is -0.507 e. The van der Waals surface area contributed by atoms with Crippen molar-refractivity contribution >= 4 is 5.78 Å². The predicted molar refractivity (Wildman–Crippen MR) is 88.7 cm³/mol. The third kappa shape index (κ3) is 2.09. The van der Waals surface area contributed by atoms with E-state index in [4.69, 9.17) is 0 Å². The van der Waals surface area contributed by atoms with E-state index in [2.05, 4.69) is 6.92 Å². The van der Waals surface area contributed by atoms with Gasteiger partial charge in [0.15, 0.2) is 5.78 Å². The number of carbonyl (C=O) groups excluding carboxylic acids is 1. The van der Waals surface area contributed by atoms with Crippen molar-refractivity contribution in [3.05, 3.63) is 28.8 Å². The van der Waals surface area contributed by atoms with E-state index in [0.29, 0.717) is 23.3 Å². The van der Waals surface area contributed by atoms with Crippen molar-refractivity contribution in [3.8, 4) is 5.75 Å². The Hall–Kier alpha value is -1.35. The molecular formula is C20H26O3. The summed E-state index contributed by atoms with van der Waals surface area (Å²) in [4.78, 5) is 11.8. The van der Waals surface area contributed by atoms with Crippen LogP contribution in [0.15, 0.2) is 12.1 Å². The number of carbonyl (C=O) groups is 1. The van der Waals surface area contributed by atoms with Crippen molar-refractivity contribution in [2.75, 3.05) is 0 Å². The van der Waals surface area contributed by atoms with Gasteiger partial charge in [0.2, 0.25) is 0 Å². The first-order valence-corrected chi connectivity index (χ1v) is 8.96. The van der Waals surface area contributed by atoms with Crippen LogP contribution < -0.4 is 0 Å². The van der Waals surface area contributed by atoms with Gasteiger partial charge < -0.3 is 10.2 Å². The highest BCUT2D eigenvalue weighted by Gasteiger charge is 2.54. The second-order valence-corrected chi connectivity index (χ2v) is 8.18. The van der Waals surface area contributed by atoms with Crippen molar-refractivity contribution in [2.45, 2.75) is 64.4 Å². The summed E-state index contributed by atoms with van der Waals surface area (Å²) in [7, 11) is 0. The zero-order valence-electron chi connectivity index (χ0n) is 14.0. The second-order valence-electron chi connectivity index (χ2n) is 8.18. The molecule has 1 aromatic rings. The predicted octanol–water partition coefficient (Wildman–Crippen LogP) is 3.81. The molecular weight excluding hydrogens is 288 g/mol. The number of benzene rings is 1. The SMILES string of the molecule is CC(=O)c1cc2c(cc1O)CCC1C2CCC2(C)C(O)CCC12. The summed E-state index contributed by atoms with van der Waals surface area (Å²) in [6.07, 6.45) is 6.19. The molecule has 0 radical (unpaired) electrons. The molecule has 2 saturated carbocycles. The van der Waals surface area contributed by atoms with Gasteiger partial charge >= 0.3 is 0 Å². The van der Waals surface area contributed by atoms with E-state index in [9.17, 15) is 15.0 Å². The summed E-state index contributed by atoms with van der Waals surface area (Å²) < 4.78 is 0. The number of ketones is 1. The maximum atomic E-state index is 11.8. The Labute approximate surface area is 137 Å². The van der Waals surface area contributed by atoms with Crippen LogP contribution in [0.5, 0.6) is 5.75 Å². The quantitative estimate of drug-likeness (QED) is 0.775. The molecule has 23 heavy (non-hydrogen) atoms. The number of Topliss-reactive ketones (excluding diaryl/α,β-unsaturated/α-hetero) is 1. The van der Waals surface area contributed by atoms with Gasteiger partial charge in [-0.05, 0) is 91.9 Å². The monoisotopic (exact) mass is 314 g/mol. The van der Waals surface area contributed by atoms with Crippen LogP contribution in [0.3, 0.4) is 0 Å². The van der Waals surface area contributed by atoms with Gasteiger partial charge in [0.1, 0.15) is 5.75 Å². The summed E-state index contributed by atoms with van der Waals surface area (Å²) in [6.45, 7) is 3.80. The molecule has 0 spiro atoms. The Balaban J connectivity index is 1.74. The third-order valence-electron chi connectivity index (χ3n) is 7.17. The normalized spacial score (nSPS) is 38.6. The first-order chi connectivity index (χ1) is 10.9. The van der Waals surface area contributed by atoms with Gasteiger partial charge in [-0.3, -0.25) is 4.79 Å². The number of fused-ring (bicyclic) bond motifs is 5. The van der Waals surface area contributed by atoms with Crippen LogP contribution in [-0.4, -0.2) is 22.1 Å². The van der Waals surface area contributed by atoms with Gasteiger partial charge in [-0.1, -0.05) is 6.92 Å². The van der Waals surface area contributed by atoms with Gasteiger partial charge in [0.05, 0.1) is 11.7 Å². The number of phenols is 1. The van der Waals surface area contributed by atoms with Crippen molar-refractivity contribution < 1.29 is 15.0 Å². The number of hydrogen-bond donors (Lipinski definition) is 2. The smallest absolute Gasteiger partial charge is 0.163 e. The van der Waals surface area contributed by atoms with Crippen molar-refractivity contribution in [1.82, 2.24) is 0 Å². The minimum atomic E-state index is -0.151. The van der Waals surface area contributed by atoms with E-state index in [0.717, 1.165) is 38.5 Å². The van der Waals surface area contributed by atoms with Crippen molar-refractivity contribution in [3.63, 3.8) is 0 Å². The fraction of sp³-hybridized carbons (Fsp3) is 0.650. The molecule has 124 valence electrons. The number of aliphatic hydroxyl groups is 1. The molecule has 5 atom stereocenters. The first-order valence-electron chi connectivity index (χ1n) is 8.96. The molecule has 4 rings (SSSR count). The molecule has 0 saturated heterocycles. The van der Waals surface area contributed by atoms with Gasteiger partial charge in [-0.15, -0.1) is 0 Å². The van der Waals surface area contributed by atoms with Crippen LogP contribution in [0, 0.1) is 17.3 Å². The fourth-order valence-electron chi connectivity index (χ4n) is 5.86. The molecule has 0 bridgehead atoms. The maximum absolute atomic E-state index is 11.8. The number of aliphatic hydroxyl groups excluding tert-OH is 1. The topological polar surface area (TPSA) is 57.5 Å². The van der Waals surface area contributed by atoms with E-state index < -0.39 is 0 Å². The van der Waals surface area contributed by atoms with Gasteiger partial charge in [-0.2, -0.15) is 0 Å². The number of phenolic OH excluding ortho intramolecular Hbond substituents is 1. The molecule has 3 aliphatic carbocycles. The molecule has 1 aromatic carbocycles. The van der Waals surface area contributed by atoms with Crippen LogP contribution in [0.1, 0.15) is 73.4 Å². The number of hydrogen-bond acceptors (Lipinski definition) is 3. The highest BCUT2D eigenvalue weighted by Crippen LogP contribution is 2.61. The van der Waals surface area contributed by atoms with Gasteiger partial charge in [0.25, 0.3) is 0 Å². The lowest BCUT2D eigenvalue weighted by atomic mass is 9.55. The lowest BCUT2D eigenvalue weighted by molar-refractivity contribution is -0.0226. The molecule has 2 N–H and O–H groups in total. The molecule has 0 heterocycles. The van der Waals surface area contributed by atoms with E-state index >= 15 is 0 Å². The summed E-state index contributed by atoms with van der Waals surface area (Å²) in [5.74, 6) is 1.76. The highest BCUT2D eigenvalue weighted by atomic mass is 16.3. The van der Waals surface area contributed by atoms with E-state index in [1.165, 1.54) is 18.1 Å². The van der Waals surface area contributed by atoms with E-state index in [1.807, 2.05) is 12.1 Å². The minimum absolute atomic E-state index is 0.0654. The molecule has 3 aliphatic rings. The molecule has 2 fully saturated rings. The van der Waals surface area contributed by atoms with Crippen LogP contribution in [0.2, 0.25) is 0 Å². The highest BCUT2D eigenvalue weighted by molar-refractivity contribution is 5.97. The first kappa shape index (κ1) is 15.2. The maximum Gasteiger partial charge on any atom is 0.163 e. The zero-order chi connectivity index (χ0) is 16.4. The lowest BCUT2D eigenvalue weighted by Crippen LogP contribution is -2.43. The van der Waals surface area contributed by atoms with Crippen LogP contribution in [-0.2, 0) is 6.42 Å². The van der Waals surface area contributed by atoms with E-state index in [1.54, 1.807) is 0 Å². The van der Waals surface area contributed by atoms with Crippen molar-refractivity contribution in [2.24, 2.45) is 17.3 Å². The molecule has 0 aromatic heterocycles. The average Bonchev–Trinajstić information content (AvgIpc) is 2.81. The number of rotatable bonds is 1. The van der Waals surface area contributed by atoms with Crippen LogP contribution in [0.4, 0.5) is 0 Å². The Morgan fingerprint density at radius 1 is 1.22 bits per heavy atom. The summed E-state index contributed by atoms with van der Waals surface area (Å²) >= 11 is 0. The van der Waals surface area contributed by atoms with Gasteiger partial charge in [-0.25, -0.2) is 0 Å². The summed E-state index contributed by atoms with van der Waals surface area (Å²) in [6, 6.07) is 3.78. The summed E-state index contributed by atoms with van der Waals surface area (Å²) in [5, 5.41) is 20.5. The Morgan fingerprint density at radius 3 is 2.74 bits per heavy atom. The lowest BCUT2D eigenvalue weighted by Gasteiger charge is -2.50. The van der Waals surface area contributed by atoms with Crippen LogP contribution >= 0.6 is 0 Å². The number of aryl methyl sites for hydroxylation is 1. The summed E-state index contributed by atoms with van der Waals surface area (Å²) in [5.41, 5.74) is 3.05. The van der Waals surface area contributed by atoms with Crippen molar-refractivity contribution in [1.29, 1.82) is 0 Å². The molecule has 0 aliphatic heterocycles. The Bertz CT molecular complexity index is 665. The third-order valence-corrected chi connectivity index (χ3v) is 7.17.